The fraction of sp³-hybridized carbons (Fsp3) is 0.0588. The number of nitrogens with two attached hydrogens (primary N) is 1. The number of primary sulfonamides is 1. The molecule has 0 spiro atoms. The van der Waals surface area contributed by atoms with Gasteiger partial charge in [-0.25, -0.2) is 13.6 Å². The fourth-order valence-corrected chi connectivity index (χ4v) is 2.45. The van der Waals surface area contributed by atoms with E-state index in [0.717, 1.165) is 0 Å². The van der Waals surface area contributed by atoms with Gasteiger partial charge in [-0.1, -0.05) is 12.1 Å². The number of carbonyl (C=O) groups excluding carboxylic acids is 2. The molecule has 0 radical (unpaired) electrons. The summed E-state index contributed by atoms with van der Waals surface area (Å²) >= 11 is 0. The number of ether oxygens (including phenoxy) is 1. The lowest BCUT2D eigenvalue weighted by Crippen LogP contribution is -2.12. The molecule has 1 amide bonds. The molecule has 0 heterocycles. The normalized spacial score (nSPS) is 11.3. The number of sulfonamides is 1. The Morgan fingerprint density at radius 3 is 2.40 bits per heavy atom. The van der Waals surface area contributed by atoms with E-state index in [0.29, 0.717) is 17.0 Å². The van der Waals surface area contributed by atoms with Crippen molar-refractivity contribution in [1.82, 2.24) is 0 Å². The summed E-state index contributed by atoms with van der Waals surface area (Å²) in [5.74, 6) is -0.448. The Bertz CT molecular complexity index is 918. The highest BCUT2D eigenvalue weighted by Gasteiger charge is 2.07. The van der Waals surface area contributed by atoms with Gasteiger partial charge in [-0.15, -0.1) is 0 Å². The number of carbonyl (C=O) groups is 2. The van der Waals surface area contributed by atoms with Gasteiger partial charge in [0.05, 0.1) is 4.90 Å². The van der Waals surface area contributed by atoms with E-state index in [1.807, 2.05) is 0 Å². The van der Waals surface area contributed by atoms with Crippen LogP contribution in [0.1, 0.15) is 12.5 Å². The second-order valence-corrected chi connectivity index (χ2v) is 6.62. The van der Waals surface area contributed by atoms with Crippen molar-refractivity contribution >= 4 is 33.7 Å². The summed E-state index contributed by atoms with van der Waals surface area (Å²) in [4.78, 5) is 22.8. The van der Waals surface area contributed by atoms with E-state index in [1.165, 1.54) is 37.3 Å². The largest absolute Gasteiger partial charge is 0.427 e. The van der Waals surface area contributed by atoms with Crippen LogP contribution in [0.2, 0.25) is 0 Å². The number of anilines is 1. The van der Waals surface area contributed by atoms with Gasteiger partial charge in [-0.3, -0.25) is 9.59 Å². The van der Waals surface area contributed by atoms with Crippen LogP contribution in [-0.2, 0) is 19.6 Å². The lowest BCUT2D eigenvalue weighted by molar-refractivity contribution is -0.131. The van der Waals surface area contributed by atoms with Crippen LogP contribution in [0.4, 0.5) is 5.69 Å². The Balaban J connectivity index is 2.02. The summed E-state index contributed by atoms with van der Waals surface area (Å²) in [5, 5.41) is 7.60. The Morgan fingerprint density at radius 2 is 1.80 bits per heavy atom. The third-order valence-corrected chi connectivity index (χ3v) is 3.93. The van der Waals surface area contributed by atoms with Gasteiger partial charge >= 0.3 is 5.97 Å². The molecule has 0 unspecified atom stereocenters. The molecule has 0 fully saturated rings. The van der Waals surface area contributed by atoms with Crippen molar-refractivity contribution in [1.29, 1.82) is 0 Å². The summed E-state index contributed by atoms with van der Waals surface area (Å²) < 4.78 is 27.3. The quantitative estimate of drug-likeness (QED) is 0.480. The molecule has 3 N–H and O–H groups in total. The zero-order valence-electron chi connectivity index (χ0n) is 13.3. The standard InChI is InChI=1S/C17H16N2O5S/c1-12(20)24-15-4-2-3-13(11-15)5-10-17(21)19-14-6-8-16(9-7-14)25(18,22)23/h2-11H,1H3,(H,19,21)(H2,18,22,23)/b10-5+. The topological polar surface area (TPSA) is 116 Å². The first-order chi connectivity index (χ1) is 11.7. The van der Waals surface area contributed by atoms with E-state index in [2.05, 4.69) is 5.32 Å². The predicted molar refractivity (Wildman–Crippen MR) is 93.2 cm³/mol. The summed E-state index contributed by atoms with van der Waals surface area (Å²) in [7, 11) is -3.77. The van der Waals surface area contributed by atoms with E-state index >= 15 is 0 Å². The van der Waals surface area contributed by atoms with E-state index in [4.69, 9.17) is 9.88 Å². The molecule has 130 valence electrons. The summed E-state index contributed by atoms with van der Waals surface area (Å²) in [6.45, 7) is 1.30. The van der Waals surface area contributed by atoms with Crippen LogP contribution in [0.15, 0.2) is 59.5 Å². The van der Waals surface area contributed by atoms with E-state index in [-0.39, 0.29) is 4.90 Å². The van der Waals surface area contributed by atoms with E-state index < -0.39 is 21.9 Å². The third-order valence-electron chi connectivity index (χ3n) is 3.00. The summed E-state index contributed by atoms with van der Waals surface area (Å²) in [6, 6.07) is 12.2. The molecule has 0 saturated carbocycles. The minimum atomic E-state index is -3.77. The molecule has 0 saturated heterocycles. The molecule has 0 aliphatic heterocycles. The summed E-state index contributed by atoms with van der Waals surface area (Å²) in [5.41, 5.74) is 1.11. The van der Waals surface area contributed by atoms with Gasteiger partial charge in [0.1, 0.15) is 5.75 Å². The molecule has 0 aliphatic carbocycles. The molecule has 0 aromatic heterocycles. The Hall–Kier alpha value is -2.97. The number of hydrogen-bond donors (Lipinski definition) is 2. The van der Waals surface area contributed by atoms with Crippen molar-refractivity contribution in [3.8, 4) is 5.75 Å². The van der Waals surface area contributed by atoms with Gasteiger partial charge in [-0.2, -0.15) is 0 Å². The Morgan fingerprint density at radius 1 is 1.12 bits per heavy atom. The van der Waals surface area contributed by atoms with Crippen molar-refractivity contribution < 1.29 is 22.7 Å². The average Bonchev–Trinajstić information content (AvgIpc) is 2.52. The van der Waals surface area contributed by atoms with Gasteiger partial charge in [0.15, 0.2) is 0 Å². The third kappa shape index (κ3) is 5.87. The van der Waals surface area contributed by atoms with Crippen LogP contribution in [-0.4, -0.2) is 20.3 Å². The number of benzene rings is 2. The average molecular weight is 360 g/mol. The highest BCUT2D eigenvalue weighted by atomic mass is 32.2. The van der Waals surface area contributed by atoms with Crippen molar-refractivity contribution in [2.24, 2.45) is 5.14 Å². The smallest absolute Gasteiger partial charge is 0.308 e. The predicted octanol–water partition coefficient (Wildman–Crippen LogP) is 1.91. The molecule has 2 aromatic rings. The minimum Gasteiger partial charge on any atom is -0.427 e. The van der Waals surface area contributed by atoms with Crippen LogP contribution in [0.5, 0.6) is 5.75 Å². The highest BCUT2D eigenvalue weighted by Crippen LogP contribution is 2.15. The molecular weight excluding hydrogens is 344 g/mol. The lowest BCUT2D eigenvalue weighted by Gasteiger charge is -2.04. The molecule has 0 bridgehead atoms. The summed E-state index contributed by atoms with van der Waals surface area (Å²) in [6.07, 6.45) is 2.86. The van der Waals surface area contributed by atoms with Gasteiger partial charge in [-0.05, 0) is 48.0 Å². The van der Waals surface area contributed by atoms with Crippen LogP contribution in [0, 0.1) is 0 Å². The van der Waals surface area contributed by atoms with Crippen molar-refractivity contribution in [3.05, 3.63) is 60.2 Å². The monoisotopic (exact) mass is 360 g/mol. The molecule has 0 aliphatic rings. The van der Waals surface area contributed by atoms with Crippen molar-refractivity contribution in [3.63, 3.8) is 0 Å². The Kier molecular flexibility index (Phi) is 5.68. The second kappa shape index (κ2) is 7.73. The zero-order valence-corrected chi connectivity index (χ0v) is 14.1. The van der Waals surface area contributed by atoms with Gasteiger partial charge < -0.3 is 10.1 Å². The second-order valence-electron chi connectivity index (χ2n) is 5.06. The van der Waals surface area contributed by atoms with Gasteiger partial charge in [0.2, 0.25) is 15.9 Å². The molecule has 25 heavy (non-hydrogen) atoms. The highest BCUT2D eigenvalue weighted by molar-refractivity contribution is 7.89. The Labute approximate surface area is 145 Å². The van der Waals surface area contributed by atoms with Crippen molar-refractivity contribution in [2.75, 3.05) is 5.32 Å². The molecule has 0 atom stereocenters. The molecule has 7 nitrogen and oxygen atoms in total. The van der Waals surface area contributed by atoms with Crippen LogP contribution in [0.25, 0.3) is 6.08 Å². The SMILES string of the molecule is CC(=O)Oc1cccc(/C=C/C(=O)Nc2ccc(S(N)(=O)=O)cc2)c1. The fourth-order valence-electron chi connectivity index (χ4n) is 1.93. The number of esters is 1. The molecule has 2 aromatic carbocycles. The van der Waals surface area contributed by atoms with Gasteiger partial charge in [0, 0.05) is 18.7 Å². The first-order valence-corrected chi connectivity index (χ1v) is 8.69. The van der Waals surface area contributed by atoms with Crippen LogP contribution >= 0.6 is 0 Å². The zero-order chi connectivity index (χ0) is 18.4. The van der Waals surface area contributed by atoms with E-state index in [1.54, 1.807) is 30.3 Å². The maximum absolute atomic E-state index is 11.9. The van der Waals surface area contributed by atoms with Crippen LogP contribution < -0.4 is 15.2 Å². The number of hydrogen-bond acceptors (Lipinski definition) is 5. The first-order valence-electron chi connectivity index (χ1n) is 7.14. The minimum absolute atomic E-state index is 0.0386. The lowest BCUT2D eigenvalue weighted by atomic mass is 10.2. The maximum atomic E-state index is 11.9. The number of nitrogens with one attached hydrogen (secondary N) is 1. The number of rotatable bonds is 5. The molecule has 8 heteroatoms. The first kappa shape index (κ1) is 18.4. The molecule has 2 rings (SSSR count). The number of amides is 1. The maximum Gasteiger partial charge on any atom is 0.308 e. The van der Waals surface area contributed by atoms with Crippen molar-refractivity contribution in [2.45, 2.75) is 11.8 Å². The van der Waals surface area contributed by atoms with E-state index in [9.17, 15) is 18.0 Å². The van der Waals surface area contributed by atoms with Gasteiger partial charge in [0.25, 0.3) is 0 Å². The van der Waals surface area contributed by atoms with Crippen LogP contribution in [0.3, 0.4) is 0 Å². The molecular formula is C17H16N2O5S.